The van der Waals surface area contributed by atoms with Crippen LogP contribution in [0.1, 0.15) is 16.8 Å². The van der Waals surface area contributed by atoms with Gasteiger partial charge >= 0.3 is 0 Å². The van der Waals surface area contributed by atoms with E-state index in [1.807, 2.05) is 0 Å². The number of nitrogens with one attached hydrogen (secondary N) is 1. The van der Waals surface area contributed by atoms with E-state index in [-0.39, 0.29) is 17.3 Å². The third kappa shape index (κ3) is 2.79. The summed E-state index contributed by atoms with van der Waals surface area (Å²) in [6.45, 7) is 0.896. The van der Waals surface area contributed by atoms with Crippen molar-refractivity contribution < 1.29 is 18.8 Å². The Labute approximate surface area is 107 Å². The van der Waals surface area contributed by atoms with E-state index in [2.05, 4.69) is 5.32 Å². The molecule has 0 aliphatic carbocycles. The van der Waals surface area contributed by atoms with Gasteiger partial charge in [-0.3, -0.25) is 14.9 Å². The SMILES string of the molecule is Nc1c(C(=O)NC2CCOC2)cc(F)cc1[N+](=O)[O-]. The van der Waals surface area contributed by atoms with Crippen molar-refractivity contribution in [2.45, 2.75) is 12.5 Å². The molecule has 1 saturated heterocycles. The van der Waals surface area contributed by atoms with Gasteiger partial charge in [-0.25, -0.2) is 4.39 Å². The van der Waals surface area contributed by atoms with Crippen molar-refractivity contribution in [1.29, 1.82) is 0 Å². The highest BCUT2D eigenvalue weighted by Crippen LogP contribution is 2.26. The molecule has 0 saturated carbocycles. The maximum atomic E-state index is 13.3. The van der Waals surface area contributed by atoms with Gasteiger partial charge in [0.2, 0.25) is 0 Å². The number of nitro groups is 1. The van der Waals surface area contributed by atoms with Gasteiger partial charge in [-0.05, 0) is 12.5 Å². The number of amides is 1. The largest absolute Gasteiger partial charge is 0.393 e. The molecule has 2 rings (SSSR count). The predicted molar refractivity (Wildman–Crippen MR) is 64.2 cm³/mol. The summed E-state index contributed by atoms with van der Waals surface area (Å²) in [5, 5.41) is 13.3. The number of carbonyl (C=O) groups is 1. The van der Waals surface area contributed by atoms with Crippen molar-refractivity contribution >= 4 is 17.3 Å². The number of benzene rings is 1. The summed E-state index contributed by atoms with van der Waals surface area (Å²) in [6.07, 6.45) is 0.642. The molecule has 1 amide bonds. The number of ether oxygens (including phenoxy) is 1. The van der Waals surface area contributed by atoms with Crippen LogP contribution in [0.25, 0.3) is 0 Å². The molecule has 19 heavy (non-hydrogen) atoms. The molecule has 0 radical (unpaired) electrons. The van der Waals surface area contributed by atoms with Crippen LogP contribution < -0.4 is 11.1 Å². The molecule has 102 valence electrons. The number of nitrogens with two attached hydrogens (primary N) is 1. The second-order valence-electron chi connectivity index (χ2n) is 4.18. The lowest BCUT2D eigenvalue weighted by Crippen LogP contribution is -2.35. The zero-order valence-corrected chi connectivity index (χ0v) is 9.89. The molecule has 0 aromatic heterocycles. The van der Waals surface area contributed by atoms with E-state index in [0.717, 1.165) is 6.07 Å². The van der Waals surface area contributed by atoms with Gasteiger partial charge in [0.25, 0.3) is 11.6 Å². The van der Waals surface area contributed by atoms with Crippen LogP contribution in [0.5, 0.6) is 0 Å². The maximum absolute atomic E-state index is 13.3. The molecule has 1 aliphatic rings. The summed E-state index contributed by atoms with van der Waals surface area (Å²) >= 11 is 0. The third-order valence-corrected chi connectivity index (χ3v) is 2.83. The van der Waals surface area contributed by atoms with Gasteiger partial charge in [-0.2, -0.15) is 0 Å². The average molecular weight is 269 g/mol. The molecule has 1 fully saturated rings. The molecule has 8 heteroatoms. The van der Waals surface area contributed by atoms with Crippen LogP contribution in [-0.2, 0) is 4.74 Å². The second kappa shape index (κ2) is 5.19. The lowest BCUT2D eigenvalue weighted by molar-refractivity contribution is -0.384. The van der Waals surface area contributed by atoms with E-state index >= 15 is 0 Å². The van der Waals surface area contributed by atoms with Gasteiger partial charge in [0.1, 0.15) is 11.5 Å². The molecular formula is C11H12FN3O4. The fraction of sp³-hybridized carbons (Fsp3) is 0.364. The maximum Gasteiger partial charge on any atom is 0.295 e. The van der Waals surface area contributed by atoms with Crippen molar-refractivity contribution in [3.8, 4) is 0 Å². The smallest absolute Gasteiger partial charge is 0.295 e. The Morgan fingerprint density at radius 3 is 2.89 bits per heavy atom. The van der Waals surface area contributed by atoms with Gasteiger partial charge in [-0.1, -0.05) is 0 Å². The number of carbonyl (C=O) groups excluding carboxylic acids is 1. The molecular weight excluding hydrogens is 257 g/mol. The summed E-state index contributed by atoms with van der Waals surface area (Å²) in [5.74, 6) is -1.52. The fourth-order valence-electron chi connectivity index (χ4n) is 1.85. The van der Waals surface area contributed by atoms with Crippen LogP contribution in [0.3, 0.4) is 0 Å². The molecule has 1 aliphatic heterocycles. The molecule has 0 bridgehead atoms. The third-order valence-electron chi connectivity index (χ3n) is 2.83. The minimum Gasteiger partial charge on any atom is -0.393 e. The van der Waals surface area contributed by atoms with Crippen LogP contribution in [0.2, 0.25) is 0 Å². The topological polar surface area (TPSA) is 107 Å². The van der Waals surface area contributed by atoms with Crippen molar-refractivity contribution in [3.05, 3.63) is 33.6 Å². The van der Waals surface area contributed by atoms with Gasteiger partial charge in [0, 0.05) is 6.61 Å². The van der Waals surface area contributed by atoms with Crippen molar-refractivity contribution in [2.75, 3.05) is 18.9 Å². The Kier molecular flexibility index (Phi) is 3.61. The summed E-state index contributed by atoms with van der Waals surface area (Å²) < 4.78 is 18.4. The van der Waals surface area contributed by atoms with E-state index in [0.29, 0.717) is 25.7 Å². The summed E-state index contributed by atoms with van der Waals surface area (Å²) in [5.41, 5.74) is 4.33. The first-order valence-corrected chi connectivity index (χ1v) is 5.61. The van der Waals surface area contributed by atoms with E-state index in [1.165, 1.54) is 0 Å². The Hall–Kier alpha value is -2.22. The molecule has 1 aromatic carbocycles. The molecule has 1 unspecified atom stereocenters. The number of nitrogen functional groups attached to an aromatic ring is 1. The standard InChI is InChI=1S/C11H12FN3O4/c12-6-3-8(10(13)9(4-6)15(17)18)11(16)14-7-1-2-19-5-7/h3-4,7H,1-2,5,13H2,(H,14,16). The van der Waals surface area contributed by atoms with Crippen molar-refractivity contribution in [2.24, 2.45) is 0 Å². The molecule has 1 atom stereocenters. The summed E-state index contributed by atoms with van der Waals surface area (Å²) in [4.78, 5) is 21.8. The summed E-state index contributed by atoms with van der Waals surface area (Å²) in [7, 11) is 0. The Bertz CT molecular complexity index is 529. The van der Waals surface area contributed by atoms with Gasteiger partial charge in [0.15, 0.2) is 0 Å². The number of hydrogen-bond donors (Lipinski definition) is 2. The minimum atomic E-state index is -0.881. The molecule has 7 nitrogen and oxygen atoms in total. The van der Waals surface area contributed by atoms with Crippen LogP contribution in [0.4, 0.5) is 15.8 Å². The Morgan fingerprint density at radius 2 is 2.32 bits per heavy atom. The number of nitrogens with zero attached hydrogens (tertiary/aromatic N) is 1. The number of nitro benzene ring substituents is 1. The lowest BCUT2D eigenvalue weighted by Gasteiger charge is -2.12. The van der Waals surface area contributed by atoms with Crippen LogP contribution in [0, 0.1) is 15.9 Å². The fourth-order valence-corrected chi connectivity index (χ4v) is 1.85. The predicted octanol–water partition coefficient (Wildman–Crippen LogP) is 0.835. The van der Waals surface area contributed by atoms with E-state index in [4.69, 9.17) is 10.5 Å². The zero-order valence-electron chi connectivity index (χ0n) is 9.89. The molecule has 1 heterocycles. The van der Waals surface area contributed by atoms with E-state index in [1.54, 1.807) is 0 Å². The van der Waals surface area contributed by atoms with Gasteiger partial charge in [0.05, 0.1) is 29.2 Å². The van der Waals surface area contributed by atoms with Gasteiger partial charge < -0.3 is 15.8 Å². The first-order valence-electron chi connectivity index (χ1n) is 5.61. The normalized spacial score (nSPS) is 18.3. The van der Waals surface area contributed by atoms with Crippen LogP contribution in [0.15, 0.2) is 12.1 Å². The number of anilines is 1. The first-order chi connectivity index (χ1) is 8.99. The highest BCUT2D eigenvalue weighted by atomic mass is 19.1. The molecule has 3 N–H and O–H groups in total. The number of hydrogen-bond acceptors (Lipinski definition) is 5. The van der Waals surface area contributed by atoms with Crippen molar-refractivity contribution in [3.63, 3.8) is 0 Å². The Morgan fingerprint density at radius 1 is 1.58 bits per heavy atom. The zero-order chi connectivity index (χ0) is 14.0. The van der Waals surface area contributed by atoms with Gasteiger partial charge in [-0.15, -0.1) is 0 Å². The highest BCUT2D eigenvalue weighted by molar-refractivity contribution is 6.01. The Balaban J connectivity index is 2.27. The quantitative estimate of drug-likeness (QED) is 0.480. The van der Waals surface area contributed by atoms with Crippen LogP contribution >= 0.6 is 0 Å². The highest BCUT2D eigenvalue weighted by Gasteiger charge is 2.24. The van der Waals surface area contributed by atoms with Crippen LogP contribution in [-0.4, -0.2) is 30.1 Å². The molecule has 1 aromatic rings. The first kappa shape index (κ1) is 13.2. The van der Waals surface area contributed by atoms with E-state index in [9.17, 15) is 19.3 Å². The second-order valence-corrected chi connectivity index (χ2v) is 4.18. The van der Waals surface area contributed by atoms with Crippen molar-refractivity contribution in [1.82, 2.24) is 5.32 Å². The monoisotopic (exact) mass is 269 g/mol. The lowest BCUT2D eigenvalue weighted by atomic mass is 10.1. The molecule has 0 spiro atoms. The summed E-state index contributed by atoms with van der Waals surface area (Å²) in [6, 6.07) is 1.38. The minimum absolute atomic E-state index is 0.186. The average Bonchev–Trinajstić information content (AvgIpc) is 2.84. The van der Waals surface area contributed by atoms with E-state index < -0.39 is 22.3 Å². The number of rotatable bonds is 3. The number of halogens is 1.